The zero-order valence-electron chi connectivity index (χ0n) is 15.6. The van der Waals surface area contributed by atoms with Gasteiger partial charge in [0.05, 0.1) is 17.0 Å². The predicted octanol–water partition coefficient (Wildman–Crippen LogP) is 3.35. The largest absolute Gasteiger partial charge is 0.339 e. The molecule has 1 aromatic rings. The molecule has 3 fully saturated rings. The second-order valence-corrected chi connectivity index (χ2v) is 8.12. The lowest BCUT2D eigenvalue weighted by atomic mass is 9.77. The van der Waals surface area contributed by atoms with E-state index in [1.807, 2.05) is 0 Å². The maximum absolute atomic E-state index is 13.3. The average Bonchev–Trinajstić information content (AvgIpc) is 3.35. The summed E-state index contributed by atoms with van der Waals surface area (Å²) in [5.41, 5.74) is 0.732. The van der Waals surface area contributed by atoms with Crippen LogP contribution in [0, 0.1) is 16.7 Å². The van der Waals surface area contributed by atoms with E-state index in [0.717, 1.165) is 38.6 Å². The molecular formula is C21H26N4O2. The summed E-state index contributed by atoms with van der Waals surface area (Å²) in [6.07, 6.45) is 7.35. The van der Waals surface area contributed by atoms with Crippen molar-refractivity contribution in [2.24, 2.45) is 5.41 Å². The maximum Gasteiger partial charge on any atom is 0.321 e. The van der Waals surface area contributed by atoms with Gasteiger partial charge < -0.3 is 15.1 Å². The monoisotopic (exact) mass is 366 g/mol. The van der Waals surface area contributed by atoms with Crippen LogP contribution in [0.15, 0.2) is 24.3 Å². The molecule has 0 unspecified atom stereocenters. The van der Waals surface area contributed by atoms with Gasteiger partial charge in [0.1, 0.15) is 0 Å². The Hall–Kier alpha value is -2.55. The van der Waals surface area contributed by atoms with Crippen LogP contribution in [-0.2, 0) is 4.79 Å². The molecule has 0 radical (unpaired) electrons. The van der Waals surface area contributed by atoms with Crippen LogP contribution in [-0.4, -0.2) is 47.4 Å². The molecule has 1 spiro atoms. The van der Waals surface area contributed by atoms with Crippen molar-refractivity contribution in [3.05, 3.63) is 29.8 Å². The minimum absolute atomic E-state index is 0.187. The zero-order chi connectivity index (χ0) is 18.9. The first-order chi connectivity index (χ1) is 13.1. The third kappa shape index (κ3) is 3.39. The summed E-state index contributed by atoms with van der Waals surface area (Å²) < 4.78 is 0. The van der Waals surface area contributed by atoms with Crippen molar-refractivity contribution in [3.8, 4) is 6.07 Å². The summed E-state index contributed by atoms with van der Waals surface area (Å²) in [5.74, 6) is 0.266. The number of benzene rings is 1. The number of rotatable bonds is 2. The molecule has 4 rings (SSSR count). The zero-order valence-corrected chi connectivity index (χ0v) is 15.6. The summed E-state index contributed by atoms with van der Waals surface area (Å²) in [7, 11) is 0. The molecule has 1 aliphatic carbocycles. The number of amides is 3. The summed E-state index contributed by atoms with van der Waals surface area (Å²) in [6, 6.07) is 9.20. The lowest BCUT2D eigenvalue weighted by molar-refractivity contribution is -0.148. The lowest BCUT2D eigenvalue weighted by Crippen LogP contribution is -2.53. The SMILES string of the molecule is N#Cc1cccc(NC(=O)N2CC[C@@]3(CCCN(C4CCCC4)C3=O)C2)c1. The highest BCUT2D eigenvalue weighted by Gasteiger charge is 2.50. The van der Waals surface area contributed by atoms with Gasteiger partial charge in [0, 0.05) is 31.4 Å². The first-order valence-electron chi connectivity index (χ1n) is 9.98. The molecule has 6 nitrogen and oxygen atoms in total. The summed E-state index contributed by atoms with van der Waals surface area (Å²) in [4.78, 5) is 29.8. The maximum atomic E-state index is 13.3. The number of nitriles is 1. The van der Waals surface area contributed by atoms with E-state index < -0.39 is 5.41 Å². The van der Waals surface area contributed by atoms with Gasteiger partial charge in [0.15, 0.2) is 0 Å². The van der Waals surface area contributed by atoms with Gasteiger partial charge in [-0.25, -0.2) is 4.79 Å². The number of piperidine rings is 1. The van der Waals surface area contributed by atoms with Crippen LogP contribution in [0.25, 0.3) is 0 Å². The van der Waals surface area contributed by atoms with Gasteiger partial charge in [-0.1, -0.05) is 18.9 Å². The van der Waals surface area contributed by atoms with Crippen LogP contribution in [0.5, 0.6) is 0 Å². The van der Waals surface area contributed by atoms with Crippen molar-refractivity contribution >= 4 is 17.6 Å². The highest BCUT2D eigenvalue weighted by Crippen LogP contribution is 2.42. The summed E-state index contributed by atoms with van der Waals surface area (Å²) >= 11 is 0. The van der Waals surface area contributed by atoms with Crippen molar-refractivity contribution in [3.63, 3.8) is 0 Å². The Morgan fingerprint density at radius 2 is 2.00 bits per heavy atom. The van der Waals surface area contributed by atoms with Crippen LogP contribution in [0.3, 0.4) is 0 Å². The molecule has 0 bridgehead atoms. The predicted molar refractivity (Wildman–Crippen MR) is 102 cm³/mol. The van der Waals surface area contributed by atoms with Crippen LogP contribution < -0.4 is 5.32 Å². The molecule has 1 aromatic carbocycles. The Labute approximate surface area is 160 Å². The van der Waals surface area contributed by atoms with Crippen molar-refractivity contribution in [2.45, 2.75) is 51.0 Å². The summed E-state index contributed by atoms with van der Waals surface area (Å²) in [6.45, 7) is 1.98. The third-order valence-corrected chi connectivity index (χ3v) is 6.42. The molecule has 2 aliphatic heterocycles. The van der Waals surface area contributed by atoms with E-state index in [1.165, 1.54) is 12.8 Å². The minimum atomic E-state index is -0.396. The van der Waals surface area contributed by atoms with E-state index in [0.29, 0.717) is 30.4 Å². The fourth-order valence-electron chi connectivity index (χ4n) is 4.96. The van der Waals surface area contributed by atoms with E-state index in [4.69, 9.17) is 5.26 Å². The topological polar surface area (TPSA) is 76.4 Å². The molecule has 2 saturated heterocycles. The van der Waals surface area contributed by atoms with E-state index in [1.54, 1.807) is 29.2 Å². The average molecular weight is 366 g/mol. The molecule has 3 aliphatic rings. The second kappa shape index (κ2) is 7.22. The van der Waals surface area contributed by atoms with Crippen molar-refractivity contribution in [2.75, 3.05) is 25.0 Å². The number of anilines is 1. The van der Waals surface area contributed by atoms with E-state index >= 15 is 0 Å². The van der Waals surface area contributed by atoms with Gasteiger partial charge in [-0.3, -0.25) is 4.79 Å². The van der Waals surface area contributed by atoms with Gasteiger partial charge in [0.2, 0.25) is 5.91 Å². The highest BCUT2D eigenvalue weighted by molar-refractivity contribution is 5.91. The molecule has 3 amide bonds. The number of nitrogens with zero attached hydrogens (tertiary/aromatic N) is 3. The Morgan fingerprint density at radius 3 is 2.78 bits per heavy atom. The second-order valence-electron chi connectivity index (χ2n) is 8.12. The first kappa shape index (κ1) is 17.8. The van der Waals surface area contributed by atoms with Crippen molar-refractivity contribution in [1.82, 2.24) is 9.80 Å². The van der Waals surface area contributed by atoms with Crippen LogP contribution in [0.1, 0.15) is 50.5 Å². The fraction of sp³-hybridized carbons (Fsp3) is 0.571. The smallest absolute Gasteiger partial charge is 0.321 e. The molecule has 2 heterocycles. The quantitative estimate of drug-likeness (QED) is 0.872. The number of nitrogens with one attached hydrogen (secondary N) is 1. The van der Waals surface area contributed by atoms with Crippen molar-refractivity contribution < 1.29 is 9.59 Å². The molecule has 142 valence electrons. The summed E-state index contributed by atoms with van der Waals surface area (Å²) in [5, 5.41) is 11.9. The third-order valence-electron chi connectivity index (χ3n) is 6.42. The molecule has 27 heavy (non-hydrogen) atoms. The normalized spacial score (nSPS) is 25.8. The van der Waals surface area contributed by atoms with Crippen LogP contribution >= 0.6 is 0 Å². The van der Waals surface area contributed by atoms with Gasteiger partial charge >= 0.3 is 6.03 Å². The Bertz CT molecular complexity index is 781. The Balaban J connectivity index is 1.43. The molecule has 6 heteroatoms. The fourth-order valence-corrected chi connectivity index (χ4v) is 4.96. The molecular weight excluding hydrogens is 340 g/mol. The number of likely N-dealkylation sites (tertiary alicyclic amines) is 2. The van der Waals surface area contributed by atoms with E-state index in [-0.39, 0.29) is 11.9 Å². The number of carbonyl (C=O) groups excluding carboxylic acids is 2. The Morgan fingerprint density at radius 1 is 1.19 bits per heavy atom. The van der Waals surface area contributed by atoms with E-state index in [9.17, 15) is 9.59 Å². The van der Waals surface area contributed by atoms with Crippen LogP contribution in [0.2, 0.25) is 0 Å². The molecule has 1 saturated carbocycles. The highest BCUT2D eigenvalue weighted by atomic mass is 16.2. The van der Waals surface area contributed by atoms with Crippen LogP contribution in [0.4, 0.5) is 10.5 Å². The Kier molecular flexibility index (Phi) is 4.77. The van der Waals surface area contributed by atoms with E-state index in [2.05, 4.69) is 16.3 Å². The van der Waals surface area contributed by atoms with Gasteiger partial charge in [-0.15, -0.1) is 0 Å². The lowest BCUT2D eigenvalue weighted by Gasteiger charge is -2.42. The minimum Gasteiger partial charge on any atom is -0.339 e. The number of hydrogen-bond acceptors (Lipinski definition) is 3. The number of hydrogen-bond donors (Lipinski definition) is 1. The number of carbonyl (C=O) groups is 2. The van der Waals surface area contributed by atoms with Crippen molar-refractivity contribution in [1.29, 1.82) is 5.26 Å². The molecule has 1 N–H and O–H groups in total. The first-order valence-corrected chi connectivity index (χ1v) is 9.98. The number of urea groups is 1. The van der Waals surface area contributed by atoms with Gasteiger partial charge in [-0.05, 0) is 50.3 Å². The van der Waals surface area contributed by atoms with Gasteiger partial charge in [-0.2, -0.15) is 5.26 Å². The molecule has 1 atom stereocenters. The standard InChI is InChI=1S/C21H26N4O2/c22-14-16-5-3-6-17(13-16)23-20(27)24-12-10-21(15-24)9-4-11-25(19(21)26)18-7-1-2-8-18/h3,5-6,13,18H,1-2,4,7-12,15H2,(H,23,27)/t21-/m0/s1. The molecule has 0 aromatic heterocycles. The van der Waals surface area contributed by atoms with Gasteiger partial charge in [0.25, 0.3) is 0 Å².